The van der Waals surface area contributed by atoms with Gasteiger partial charge < -0.3 is 4.74 Å². The van der Waals surface area contributed by atoms with Crippen LogP contribution >= 0.6 is 0 Å². The van der Waals surface area contributed by atoms with Crippen molar-refractivity contribution in [2.24, 2.45) is 0 Å². The second-order valence-electron chi connectivity index (χ2n) is 4.99. The van der Waals surface area contributed by atoms with Gasteiger partial charge in [-0.2, -0.15) is 9.65 Å². The highest BCUT2D eigenvalue weighted by molar-refractivity contribution is 5.95. The van der Waals surface area contributed by atoms with E-state index in [1.807, 2.05) is 0 Å². The second kappa shape index (κ2) is 7.31. The Morgan fingerprint density at radius 2 is 1.46 bits per heavy atom. The lowest BCUT2D eigenvalue weighted by molar-refractivity contribution is -0.131. The van der Waals surface area contributed by atoms with E-state index in [2.05, 4.69) is 4.74 Å². The summed E-state index contributed by atoms with van der Waals surface area (Å²) in [7, 11) is 0. The van der Waals surface area contributed by atoms with Crippen molar-refractivity contribution in [3.05, 3.63) is 70.1 Å². The van der Waals surface area contributed by atoms with Gasteiger partial charge in [0.05, 0.1) is 5.56 Å². The maximum absolute atomic E-state index is 13.9. The van der Waals surface area contributed by atoms with Crippen molar-refractivity contribution >= 4 is 11.8 Å². The van der Waals surface area contributed by atoms with Gasteiger partial charge in [-0.25, -0.2) is 26.7 Å². The minimum Gasteiger partial charge on any atom is -0.421 e. The number of halogens is 6. The van der Waals surface area contributed by atoms with Crippen molar-refractivity contribution < 1.29 is 35.9 Å². The Kier molecular flexibility index (Phi) is 5.35. The van der Waals surface area contributed by atoms with Crippen LogP contribution in [0.4, 0.5) is 26.3 Å². The highest BCUT2D eigenvalue weighted by Crippen LogP contribution is 2.29. The third kappa shape index (κ3) is 3.69. The summed E-state index contributed by atoms with van der Waals surface area (Å²) in [5, 5.41) is 8.50. The van der Waals surface area contributed by atoms with Crippen LogP contribution in [-0.4, -0.2) is 5.97 Å². The Morgan fingerprint density at radius 1 is 0.962 bits per heavy atom. The lowest BCUT2D eigenvalue weighted by Crippen LogP contribution is -2.11. The van der Waals surface area contributed by atoms with Crippen molar-refractivity contribution in [2.45, 2.75) is 6.92 Å². The summed E-state index contributed by atoms with van der Waals surface area (Å²) >= 11 is 0. The number of esters is 1. The van der Waals surface area contributed by atoms with Crippen LogP contribution in [-0.2, 0) is 4.79 Å². The lowest BCUT2D eigenvalue weighted by atomic mass is 10.1. The molecule has 3 nitrogen and oxygen atoms in total. The summed E-state index contributed by atoms with van der Waals surface area (Å²) in [5.74, 6) is -13.2. The predicted molar refractivity (Wildman–Crippen MR) is 76.9 cm³/mol. The molecule has 2 rings (SSSR count). The normalized spacial score (nSPS) is 11.6. The van der Waals surface area contributed by atoms with Crippen LogP contribution in [0, 0.1) is 41.5 Å². The molecule has 0 bridgehead atoms. The predicted octanol–water partition coefficient (Wildman–Crippen LogP) is 4.64. The van der Waals surface area contributed by atoms with Crippen molar-refractivity contribution in [3.63, 3.8) is 0 Å². The van der Waals surface area contributed by atoms with Crippen molar-refractivity contribution in [1.29, 1.82) is 5.26 Å². The zero-order chi connectivity index (χ0) is 19.6. The first-order chi connectivity index (χ1) is 12.1. The molecule has 0 N–H and O–H groups in total. The van der Waals surface area contributed by atoms with Gasteiger partial charge in [-0.1, -0.05) is 0 Å². The molecular formula is C17H7F6NO2. The number of nitriles is 1. The van der Waals surface area contributed by atoms with Crippen LogP contribution in [0.1, 0.15) is 16.7 Å². The number of carbonyl (C=O) groups excluding carboxylic acids is 1. The molecule has 0 saturated carbocycles. The van der Waals surface area contributed by atoms with Crippen LogP contribution in [0.5, 0.6) is 5.75 Å². The van der Waals surface area contributed by atoms with Gasteiger partial charge in [0, 0.05) is 12.1 Å². The fraction of sp³-hybridized carbons (Fsp3) is 0.0588. The molecule has 0 aromatic heterocycles. The molecule has 0 saturated heterocycles. The molecule has 0 radical (unpaired) electrons. The van der Waals surface area contributed by atoms with E-state index in [4.69, 9.17) is 5.26 Å². The van der Waals surface area contributed by atoms with Gasteiger partial charge in [0.25, 0.3) is 0 Å². The second-order valence-corrected chi connectivity index (χ2v) is 4.99. The summed E-state index contributed by atoms with van der Waals surface area (Å²) in [6, 6.07) is 3.40. The van der Waals surface area contributed by atoms with Crippen LogP contribution in [0.2, 0.25) is 0 Å². The van der Waals surface area contributed by atoms with Crippen molar-refractivity contribution in [3.8, 4) is 11.8 Å². The van der Waals surface area contributed by atoms with E-state index in [-0.39, 0.29) is 5.56 Å². The molecule has 26 heavy (non-hydrogen) atoms. The van der Waals surface area contributed by atoms with Gasteiger partial charge in [0.1, 0.15) is 40.7 Å². The largest absolute Gasteiger partial charge is 0.421 e. The Morgan fingerprint density at radius 3 is 1.92 bits per heavy atom. The van der Waals surface area contributed by atoms with E-state index >= 15 is 0 Å². The number of aryl methyl sites for hydroxylation is 1. The Balaban J connectivity index is 2.38. The number of ether oxygens (including phenoxy) is 1. The molecule has 0 fully saturated rings. The molecule has 0 spiro atoms. The molecular weight excluding hydrogens is 364 g/mol. The van der Waals surface area contributed by atoms with Crippen molar-refractivity contribution in [1.82, 2.24) is 0 Å². The number of benzene rings is 2. The van der Waals surface area contributed by atoms with Gasteiger partial charge in [-0.3, -0.25) is 0 Å². The van der Waals surface area contributed by atoms with Crippen LogP contribution in [0.25, 0.3) is 5.83 Å². The molecule has 0 aliphatic carbocycles. The Hall–Kier alpha value is -3.28. The number of nitrogens with zero attached hydrogens (tertiary/aromatic N) is 1. The molecule has 0 aliphatic heterocycles. The van der Waals surface area contributed by atoms with E-state index in [0.29, 0.717) is 24.3 Å². The fourth-order valence-corrected chi connectivity index (χ4v) is 1.98. The first-order valence-corrected chi connectivity index (χ1v) is 6.78. The number of hydrogen-bond donors (Lipinski definition) is 0. The van der Waals surface area contributed by atoms with E-state index in [0.717, 1.165) is 0 Å². The van der Waals surface area contributed by atoms with Crippen molar-refractivity contribution in [2.75, 3.05) is 0 Å². The lowest BCUT2D eigenvalue weighted by Gasteiger charge is -2.07. The molecule has 2 aromatic carbocycles. The van der Waals surface area contributed by atoms with Crippen LogP contribution < -0.4 is 4.74 Å². The third-order valence-electron chi connectivity index (χ3n) is 3.12. The fourth-order valence-electron chi connectivity index (χ4n) is 1.98. The van der Waals surface area contributed by atoms with Crippen LogP contribution in [0.15, 0.2) is 30.1 Å². The topological polar surface area (TPSA) is 50.1 Å². The van der Waals surface area contributed by atoms with Gasteiger partial charge in [-0.15, -0.1) is 0 Å². The van der Waals surface area contributed by atoms with E-state index in [9.17, 15) is 31.1 Å². The van der Waals surface area contributed by atoms with Gasteiger partial charge in [0.15, 0.2) is 5.83 Å². The van der Waals surface area contributed by atoms with E-state index < -0.39 is 57.8 Å². The molecule has 9 heteroatoms. The van der Waals surface area contributed by atoms with Gasteiger partial charge in [0.2, 0.25) is 5.83 Å². The zero-order valence-electron chi connectivity index (χ0n) is 12.8. The first-order valence-electron chi connectivity index (χ1n) is 6.78. The quantitative estimate of drug-likeness (QED) is 0.342. The van der Waals surface area contributed by atoms with Gasteiger partial charge >= 0.3 is 5.97 Å². The zero-order valence-corrected chi connectivity index (χ0v) is 12.8. The molecule has 0 amide bonds. The number of carbonyl (C=O) groups is 1. The average molecular weight is 371 g/mol. The Bertz CT molecular complexity index is 932. The molecule has 134 valence electrons. The molecule has 2 aromatic rings. The molecule has 0 heterocycles. The smallest absolute Gasteiger partial charge is 0.375 e. The minimum absolute atomic E-state index is 0.0862. The summed E-state index contributed by atoms with van der Waals surface area (Å²) in [6.45, 7) is 1.30. The highest BCUT2D eigenvalue weighted by Gasteiger charge is 2.25. The third-order valence-corrected chi connectivity index (χ3v) is 3.12. The Labute approximate surface area is 142 Å². The summed E-state index contributed by atoms with van der Waals surface area (Å²) in [6.07, 6.45) is 0. The van der Waals surface area contributed by atoms with Gasteiger partial charge in [-0.05, 0) is 24.6 Å². The minimum atomic E-state index is -2.31. The summed E-state index contributed by atoms with van der Waals surface area (Å²) in [5.41, 5.74) is -2.32. The molecule has 0 aliphatic rings. The average Bonchev–Trinajstić information content (AvgIpc) is 2.52. The van der Waals surface area contributed by atoms with E-state index in [1.165, 1.54) is 13.0 Å². The first kappa shape index (κ1) is 19.1. The maximum atomic E-state index is 13.9. The highest BCUT2D eigenvalue weighted by atomic mass is 19.2. The summed E-state index contributed by atoms with van der Waals surface area (Å²) in [4.78, 5) is 11.5. The SMILES string of the molecule is Cc1cc(F)c(C(F)=C(F)C(=O)Oc2cc(F)c(C#N)c(F)c2)c(F)c1. The van der Waals surface area contributed by atoms with E-state index in [1.54, 1.807) is 0 Å². The monoisotopic (exact) mass is 371 g/mol. The standard InChI is InChI=1S/C17H7F6NO2/c1-7-2-12(20)14(13(21)3-7)15(22)16(23)17(25)26-8-4-10(18)9(6-24)11(19)5-8/h2-5H,1H3. The number of rotatable bonds is 3. The molecule has 0 unspecified atom stereocenters. The maximum Gasteiger partial charge on any atom is 0.375 e. The summed E-state index contributed by atoms with van der Waals surface area (Å²) < 4.78 is 86.1. The van der Waals surface area contributed by atoms with Crippen LogP contribution in [0.3, 0.4) is 0 Å². The number of hydrogen-bond acceptors (Lipinski definition) is 3. The molecule has 0 atom stereocenters.